The van der Waals surface area contributed by atoms with E-state index in [2.05, 4.69) is 41.8 Å². The number of carbonyl (C=O) groups excluding carboxylic acids is 1. The number of anilines is 1. The van der Waals surface area contributed by atoms with Crippen molar-refractivity contribution in [3.8, 4) is 0 Å². The lowest BCUT2D eigenvalue weighted by Crippen LogP contribution is -2.51. The van der Waals surface area contributed by atoms with E-state index in [1.165, 1.54) is 16.8 Å². The van der Waals surface area contributed by atoms with Crippen molar-refractivity contribution >= 4 is 36.4 Å². The summed E-state index contributed by atoms with van der Waals surface area (Å²) in [6, 6.07) is 6.48. The molecule has 6 heteroatoms. The van der Waals surface area contributed by atoms with Gasteiger partial charge in [-0.15, -0.1) is 24.8 Å². The SMILES string of the molecule is Cc1cccc(N2CCN(C(=O)[C@@H]3CCC[C@@H]3CN)CC2)c1C.Cl.Cl. The van der Waals surface area contributed by atoms with Crippen molar-refractivity contribution in [2.24, 2.45) is 17.6 Å². The number of carbonyl (C=O) groups is 1. The first kappa shape index (κ1) is 22.1. The second-order valence-electron chi connectivity index (χ2n) is 7.06. The van der Waals surface area contributed by atoms with Gasteiger partial charge in [0.05, 0.1) is 0 Å². The van der Waals surface area contributed by atoms with Crippen molar-refractivity contribution in [2.75, 3.05) is 37.6 Å². The van der Waals surface area contributed by atoms with Crippen LogP contribution < -0.4 is 10.6 Å². The van der Waals surface area contributed by atoms with E-state index in [1.807, 2.05) is 0 Å². The Hall–Kier alpha value is -0.970. The molecule has 4 nitrogen and oxygen atoms in total. The molecular weight excluding hydrogens is 357 g/mol. The van der Waals surface area contributed by atoms with Gasteiger partial charge in [0.15, 0.2) is 0 Å². The standard InChI is InChI=1S/C19H29N3O.2ClH/c1-14-5-3-8-18(15(14)2)21-9-11-22(12-10-21)19(23)17-7-4-6-16(17)13-20;;/h3,5,8,16-17H,4,6-7,9-13,20H2,1-2H3;2*1H/t16-,17-;;/m1../s1. The summed E-state index contributed by atoms with van der Waals surface area (Å²) < 4.78 is 0. The molecule has 0 unspecified atom stereocenters. The maximum atomic E-state index is 12.8. The van der Waals surface area contributed by atoms with E-state index >= 15 is 0 Å². The molecule has 0 bridgehead atoms. The first-order valence-electron chi connectivity index (χ1n) is 8.92. The van der Waals surface area contributed by atoms with E-state index in [0.29, 0.717) is 18.4 Å². The number of hydrogen-bond acceptors (Lipinski definition) is 3. The van der Waals surface area contributed by atoms with Gasteiger partial charge in [-0.3, -0.25) is 4.79 Å². The predicted molar refractivity (Wildman–Crippen MR) is 109 cm³/mol. The Balaban J connectivity index is 0.00000156. The highest BCUT2D eigenvalue weighted by molar-refractivity contribution is 5.85. The fraction of sp³-hybridized carbons (Fsp3) is 0.632. The van der Waals surface area contributed by atoms with Crippen molar-refractivity contribution < 1.29 is 4.79 Å². The van der Waals surface area contributed by atoms with Crippen LogP contribution in [0.15, 0.2) is 18.2 Å². The molecule has 0 radical (unpaired) electrons. The molecule has 1 saturated carbocycles. The van der Waals surface area contributed by atoms with Crippen LogP contribution in [0.5, 0.6) is 0 Å². The number of rotatable bonds is 3. The lowest BCUT2D eigenvalue weighted by Gasteiger charge is -2.38. The van der Waals surface area contributed by atoms with Crippen LogP contribution in [-0.2, 0) is 4.79 Å². The smallest absolute Gasteiger partial charge is 0.226 e. The van der Waals surface area contributed by atoms with Crippen LogP contribution in [-0.4, -0.2) is 43.5 Å². The second kappa shape index (κ2) is 9.65. The molecule has 1 amide bonds. The molecule has 2 fully saturated rings. The Morgan fingerprint density at radius 1 is 1.12 bits per heavy atom. The van der Waals surface area contributed by atoms with E-state index in [1.54, 1.807) is 0 Å². The normalized spacial score (nSPS) is 23.0. The molecule has 0 aromatic heterocycles. The predicted octanol–water partition coefficient (Wildman–Crippen LogP) is 3.17. The topological polar surface area (TPSA) is 49.6 Å². The summed E-state index contributed by atoms with van der Waals surface area (Å²) in [4.78, 5) is 17.3. The molecule has 142 valence electrons. The number of benzene rings is 1. The molecular formula is C19H31Cl2N3O. The largest absolute Gasteiger partial charge is 0.368 e. The Labute approximate surface area is 163 Å². The van der Waals surface area contributed by atoms with Gasteiger partial charge in [-0.1, -0.05) is 18.6 Å². The fourth-order valence-electron chi connectivity index (χ4n) is 4.12. The zero-order valence-corrected chi connectivity index (χ0v) is 16.9. The van der Waals surface area contributed by atoms with Gasteiger partial charge in [0.25, 0.3) is 0 Å². The number of hydrogen-bond donors (Lipinski definition) is 1. The summed E-state index contributed by atoms with van der Waals surface area (Å²) in [5, 5.41) is 0. The molecule has 1 aliphatic heterocycles. The van der Waals surface area contributed by atoms with Gasteiger partial charge in [0, 0.05) is 37.8 Å². The quantitative estimate of drug-likeness (QED) is 0.866. The monoisotopic (exact) mass is 387 g/mol. The molecule has 1 heterocycles. The Bertz CT molecular complexity index is 574. The van der Waals surface area contributed by atoms with Gasteiger partial charge in [-0.25, -0.2) is 0 Å². The van der Waals surface area contributed by atoms with Crippen molar-refractivity contribution in [3.05, 3.63) is 29.3 Å². The van der Waals surface area contributed by atoms with Crippen LogP contribution in [0.2, 0.25) is 0 Å². The summed E-state index contributed by atoms with van der Waals surface area (Å²) in [6.45, 7) is 8.52. The van der Waals surface area contributed by atoms with Gasteiger partial charge in [-0.05, 0) is 56.3 Å². The average Bonchev–Trinajstić information content (AvgIpc) is 3.05. The summed E-state index contributed by atoms with van der Waals surface area (Å²) in [7, 11) is 0. The van der Waals surface area contributed by atoms with Crippen LogP contribution in [0.1, 0.15) is 30.4 Å². The number of halogens is 2. The third kappa shape index (κ3) is 4.60. The van der Waals surface area contributed by atoms with E-state index in [9.17, 15) is 4.79 Å². The van der Waals surface area contributed by atoms with Crippen LogP contribution >= 0.6 is 24.8 Å². The summed E-state index contributed by atoms with van der Waals surface area (Å²) >= 11 is 0. The van der Waals surface area contributed by atoms with Crippen molar-refractivity contribution in [1.82, 2.24) is 4.90 Å². The minimum atomic E-state index is 0. The number of amides is 1. The van der Waals surface area contributed by atoms with Crippen LogP contribution in [0.3, 0.4) is 0 Å². The van der Waals surface area contributed by atoms with Crippen molar-refractivity contribution in [1.29, 1.82) is 0 Å². The first-order valence-corrected chi connectivity index (χ1v) is 8.92. The third-order valence-corrected chi connectivity index (χ3v) is 5.79. The van der Waals surface area contributed by atoms with Gasteiger partial charge >= 0.3 is 0 Å². The Morgan fingerprint density at radius 2 is 1.80 bits per heavy atom. The van der Waals surface area contributed by atoms with E-state index in [0.717, 1.165) is 45.4 Å². The highest BCUT2D eigenvalue weighted by Gasteiger charge is 2.35. The molecule has 0 spiro atoms. The summed E-state index contributed by atoms with van der Waals surface area (Å²) in [5.74, 6) is 0.922. The first-order chi connectivity index (χ1) is 11.1. The molecule has 2 N–H and O–H groups in total. The molecule has 25 heavy (non-hydrogen) atoms. The molecule has 1 aromatic rings. The zero-order chi connectivity index (χ0) is 16.4. The molecule has 2 atom stereocenters. The molecule has 1 aliphatic carbocycles. The van der Waals surface area contributed by atoms with Gasteiger partial charge in [0.1, 0.15) is 0 Å². The van der Waals surface area contributed by atoms with E-state index < -0.39 is 0 Å². The average molecular weight is 388 g/mol. The summed E-state index contributed by atoms with van der Waals surface area (Å²) in [5.41, 5.74) is 9.84. The van der Waals surface area contributed by atoms with Crippen molar-refractivity contribution in [2.45, 2.75) is 33.1 Å². The van der Waals surface area contributed by atoms with Crippen LogP contribution in [0.4, 0.5) is 5.69 Å². The fourth-order valence-corrected chi connectivity index (χ4v) is 4.12. The number of piperazine rings is 1. The Morgan fingerprint density at radius 3 is 2.44 bits per heavy atom. The maximum Gasteiger partial charge on any atom is 0.226 e. The minimum Gasteiger partial charge on any atom is -0.368 e. The van der Waals surface area contributed by atoms with Crippen LogP contribution in [0.25, 0.3) is 0 Å². The third-order valence-electron chi connectivity index (χ3n) is 5.79. The highest BCUT2D eigenvalue weighted by Crippen LogP contribution is 2.33. The molecule has 1 aromatic carbocycles. The number of nitrogens with two attached hydrogens (primary N) is 1. The lowest BCUT2D eigenvalue weighted by molar-refractivity contribution is -0.136. The Kier molecular flexibility index (Phi) is 8.52. The van der Waals surface area contributed by atoms with E-state index in [4.69, 9.17) is 5.73 Å². The second-order valence-corrected chi connectivity index (χ2v) is 7.06. The molecule has 2 aliphatic rings. The lowest BCUT2D eigenvalue weighted by atomic mass is 9.94. The van der Waals surface area contributed by atoms with Crippen LogP contribution in [0, 0.1) is 25.7 Å². The number of aryl methyl sites for hydroxylation is 1. The number of nitrogens with zero attached hydrogens (tertiary/aromatic N) is 2. The van der Waals surface area contributed by atoms with Gasteiger partial charge in [0.2, 0.25) is 5.91 Å². The van der Waals surface area contributed by atoms with Gasteiger partial charge < -0.3 is 15.5 Å². The van der Waals surface area contributed by atoms with Crippen molar-refractivity contribution in [3.63, 3.8) is 0 Å². The summed E-state index contributed by atoms with van der Waals surface area (Å²) in [6.07, 6.45) is 3.30. The highest BCUT2D eigenvalue weighted by atomic mass is 35.5. The van der Waals surface area contributed by atoms with Gasteiger partial charge in [-0.2, -0.15) is 0 Å². The zero-order valence-electron chi connectivity index (χ0n) is 15.2. The molecule has 1 saturated heterocycles. The van der Waals surface area contributed by atoms with E-state index in [-0.39, 0.29) is 30.7 Å². The molecule has 3 rings (SSSR count). The minimum absolute atomic E-state index is 0. The maximum absolute atomic E-state index is 12.8.